The van der Waals surface area contributed by atoms with Crippen LogP contribution in [-0.2, 0) is 9.59 Å². The second-order valence-corrected chi connectivity index (χ2v) is 3.72. The zero-order chi connectivity index (χ0) is 13.8. The van der Waals surface area contributed by atoms with Crippen LogP contribution in [0.4, 0.5) is 0 Å². The lowest BCUT2D eigenvalue weighted by Gasteiger charge is -2.07. The summed E-state index contributed by atoms with van der Waals surface area (Å²) >= 11 is 0. The number of hydrogen-bond acceptors (Lipinski definition) is 4. The molecular weight excluding hydrogens is 248 g/mol. The molecule has 0 fully saturated rings. The fourth-order valence-corrected chi connectivity index (χ4v) is 1.65. The molecule has 0 aliphatic carbocycles. The highest BCUT2D eigenvalue weighted by Gasteiger charge is 2.09. The van der Waals surface area contributed by atoms with E-state index in [1.165, 1.54) is 12.1 Å². The van der Waals surface area contributed by atoms with Gasteiger partial charge in [-0.15, -0.1) is 0 Å². The van der Waals surface area contributed by atoms with Crippen LogP contribution in [0.2, 0.25) is 0 Å². The van der Waals surface area contributed by atoms with E-state index in [9.17, 15) is 14.7 Å². The molecule has 0 amide bonds. The maximum atomic E-state index is 11.4. The van der Waals surface area contributed by atoms with Crippen LogP contribution in [0, 0.1) is 0 Å². The Labute approximate surface area is 108 Å². The number of esters is 1. The third-order valence-electron chi connectivity index (χ3n) is 2.42. The van der Waals surface area contributed by atoms with E-state index in [0.717, 1.165) is 6.08 Å². The summed E-state index contributed by atoms with van der Waals surface area (Å²) in [5.41, 5.74) is 0. The number of carboxylic acid groups (broad SMARTS) is 1. The normalized spacial score (nSPS) is 10.7. The molecule has 0 aliphatic rings. The third-order valence-corrected chi connectivity index (χ3v) is 2.42. The highest BCUT2D eigenvalue weighted by Crippen LogP contribution is 2.33. The van der Waals surface area contributed by atoms with Gasteiger partial charge < -0.3 is 14.9 Å². The maximum Gasteiger partial charge on any atom is 0.336 e. The molecule has 2 rings (SSSR count). The molecule has 0 spiro atoms. The second-order valence-electron chi connectivity index (χ2n) is 3.72. The van der Waals surface area contributed by atoms with Crippen LogP contribution in [0.25, 0.3) is 10.8 Å². The van der Waals surface area contributed by atoms with Crippen molar-refractivity contribution in [2.45, 2.75) is 0 Å². The van der Waals surface area contributed by atoms with Crippen LogP contribution >= 0.6 is 0 Å². The van der Waals surface area contributed by atoms with Crippen molar-refractivity contribution >= 4 is 22.7 Å². The highest BCUT2D eigenvalue weighted by atomic mass is 16.5. The average molecular weight is 258 g/mol. The molecule has 5 nitrogen and oxygen atoms in total. The summed E-state index contributed by atoms with van der Waals surface area (Å²) in [4.78, 5) is 21.7. The lowest BCUT2D eigenvalue weighted by molar-refractivity contribution is -0.133. The van der Waals surface area contributed by atoms with Crippen molar-refractivity contribution in [2.24, 2.45) is 0 Å². The molecule has 0 aliphatic heterocycles. The van der Waals surface area contributed by atoms with E-state index in [2.05, 4.69) is 0 Å². The predicted molar refractivity (Wildman–Crippen MR) is 68.0 cm³/mol. The number of fused-ring (bicyclic) bond motifs is 1. The summed E-state index contributed by atoms with van der Waals surface area (Å²) in [5.74, 6) is -1.89. The van der Waals surface area contributed by atoms with Gasteiger partial charge in [-0.25, -0.2) is 9.59 Å². The minimum Gasteiger partial charge on any atom is -0.507 e. The Morgan fingerprint density at radius 1 is 1.05 bits per heavy atom. The van der Waals surface area contributed by atoms with Gasteiger partial charge in [-0.05, 0) is 17.5 Å². The topological polar surface area (TPSA) is 83.8 Å². The van der Waals surface area contributed by atoms with E-state index >= 15 is 0 Å². The van der Waals surface area contributed by atoms with E-state index in [1.807, 2.05) is 0 Å². The van der Waals surface area contributed by atoms with E-state index in [0.29, 0.717) is 16.8 Å². The number of aromatic hydroxyl groups is 1. The molecule has 0 atom stereocenters. The number of benzene rings is 2. The molecule has 0 aromatic heterocycles. The van der Waals surface area contributed by atoms with Crippen molar-refractivity contribution in [3.8, 4) is 11.5 Å². The summed E-state index contributed by atoms with van der Waals surface area (Å²) < 4.78 is 5.01. The van der Waals surface area contributed by atoms with Gasteiger partial charge in [0.05, 0.1) is 5.39 Å². The zero-order valence-corrected chi connectivity index (χ0v) is 9.74. The zero-order valence-electron chi connectivity index (χ0n) is 9.74. The van der Waals surface area contributed by atoms with E-state index < -0.39 is 11.9 Å². The molecule has 0 unspecified atom stereocenters. The van der Waals surface area contributed by atoms with Crippen molar-refractivity contribution in [3.05, 3.63) is 48.6 Å². The highest BCUT2D eigenvalue weighted by molar-refractivity contribution is 5.97. The fraction of sp³-hybridized carbons (Fsp3) is 0. The van der Waals surface area contributed by atoms with Crippen LogP contribution < -0.4 is 4.74 Å². The first-order chi connectivity index (χ1) is 9.08. The summed E-state index contributed by atoms with van der Waals surface area (Å²) in [6, 6.07) is 9.87. The number of hydrogen-bond donors (Lipinski definition) is 2. The second kappa shape index (κ2) is 5.22. The molecule has 0 saturated carbocycles. The molecule has 0 radical (unpaired) electrons. The standard InChI is InChI=1S/C14H10O5/c15-10-5-1-3-9-4-2-6-11(14(9)10)19-13(18)8-7-12(16)17/h1-8,15H,(H,16,17)/b8-7+. The lowest BCUT2D eigenvalue weighted by Crippen LogP contribution is -2.05. The number of ether oxygens (including phenoxy) is 1. The van der Waals surface area contributed by atoms with E-state index in [-0.39, 0.29) is 11.5 Å². The number of aliphatic carboxylic acids is 1. The average Bonchev–Trinajstić information content (AvgIpc) is 2.37. The largest absolute Gasteiger partial charge is 0.507 e. The Hall–Kier alpha value is -2.82. The smallest absolute Gasteiger partial charge is 0.336 e. The maximum absolute atomic E-state index is 11.4. The number of carbonyl (C=O) groups excluding carboxylic acids is 1. The molecule has 2 aromatic carbocycles. The molecule has 96 valence electrons. The number of phenolic OH excluding ortho intramolecular Hbond substituents is 1. The Kier molecular flexibility index (Phi) is 3.47. The van der Waals surface area contributed by atoms with Gasteiger partial charge in [0.25, 0.3) is 0 Å². The van der Waals surface area contributed by atoms with Crippen LogP contribution in [0.1, 0.15) is 0 Å². The minimum absolute atomic E-state index is 0.0110. The molecule has 0 bridgehead atoms. The Bertz CT molecular complexity index is 667. The summed E-state index contributed by atoms with van der Waals surface area (Å²) in [6.07, 6.45) is 1.49. The van der Waals surface area contributed by atoms with Gasteiger partial charge in [0, 0.05) is 12.2 Å². The van der Waals surface area contributed by atoms with Crippen LogP contribution in [0.5, 0.6) is 11.5 Å². The molecule has 0 heterocycles. The number of carbonyl (C=O) groups is 2. The van der Waals surface area contributed by atoms with Gasteiger partial charge in [-0.1, -0.05) is 24.3 Å². The van der Waals surface area contributed by atoms with Crippen LogP contribution in [0.15, 0.2) is 48.6 Å². The molecule has 5 heteroatoms. The first-order valence-electron chi connectivity index (χ1n) is 5.41. The molecular formula is C14H10O5. The van der Waals surface area contributed by atoms with Gasteiger partial charge in [-0.2, -0.15) is 0 Å². The van der Waals surface area contributed by atoms with Gasteiger partial charge in [0.15, 0.2) is 0 Å². The van der Waals surface area contributed by atoms with Gasteiger partial charge >= 0.3 is 11.9 Å². The molecule has 0 saturated heterocycles. The molecule has 2 N–H and O–H groups in total. The van der Waals surface area contributed by atoms with Crippen molar-refractivity contribution in [1.29, 1.82) is 0 Å². The number of phenols is 1. The Morgan fingerprint density at radius 3 is 2.42 bits per heavy atom. The third kappa shape index (κ3) is 2.90. The monoisotopic (exact) mass is 258 g/mol. The molecule has 19 heavy (non-hydrogen) atoms. The van der Waals surface area contributed by atoms with E-state index in [4.69, 9.17) is 9.84 Å². The molecule has 2 aromatic rings. The SMILES string of the molecule is O=C(O)/C=C/C(=O)Oc1cccc2cccc(O)c12. The predicted octanol–water partition coefficient (Wildman–Crippen LogP) is 2.09. The lowest BCUT2D eigenvalue weighted by atomic mass is 10.1. The number of rotatable bonds is 3. The summed E-state index contributed by atoms with van der Waals surface area (Å²) in [6.45, 7) is 0. The van der Waals surface area contributed by atoms with Gasteiger partial charge in [0.2, 0.25) is 0 Å². The Balaban J connectivity index is 2.36. The van der Waals surface area contributed by atoms with Crippen molar-refractivity contribution in [2.75, 3.05) is 0 Å². The van der Waals surface area contributed by atoms with Crippen molar-refractivity contribution in [1.82, 2.24) is 0 Å². The number of carboxylic acids is 1. The summed E-state index contributed by atoms with van der Waals surface area (Å²) in [7, 11) is 0. The first-order valence-corrected chi connectivity index (χ1v) is 5.41. The van der Waals surface area contributed by atoms with Crippen LogP contribution in [0.3, 0.4) is 0 Å². The van der Waals surface area contributed by atoms with Crippen molar-refractivity contribution < 1.29 is 24.5 Å². The van der Waals surface area contributed by atoms with Gasteiger partial charge in [0.1, 0.15) is 11.5 Å². The Morgan fingerprint density at radius 2 is 1.74 bits per heavy atom. The van der Waals surface area contributed by atoms with Crippen LogP contribution in [-0.4, -0.2) is 22.2 Å². The van der Waals surface area contributed by atoms with Crippen molar-refractivity contribution in [3.63, 3.8) is 0 Å². The fourth-order valence-electron chi connectivity index (χ4n) is 1.65. The van der Waals surface area contributed by atoms with Gasteiger partial charge in [-0.3, -0.25) is 0 Å². The minimum atomic E-state index is -1.24. The summed E-state index contributed by atoms with van der Waals surface area (Å²) in [5, 5.41) is 19.3. The quantitative estimate of drug-likeness (QED) is 0.500. The first kappa shape index (κ1) is 12.6. The van der Waals surface area contributed by atoms with E-state index in [1.54, 1.807) is 24.3 Å².